The van der Waals surface area contributed by atoms with Gasteiger partial charge in [-0.05, 0) is 80.9 Å². The van der Waals surface area contributed by atoms with E-state index >= 15 is 0 Å². The lowest BCUT2D eigenvalue weighted by Crippen LogP contribution is -2.34. The van der Waals surface area contributed by atoms with Gasteiger partial charge in [0, 0.05) is 12.1 Å². The Hall–Kier alpha value is -3.39. The molecule has 7 nitrogen and oxygen atoms in total. The van der Waals surface area contributed by atoms with Crippen LogP contribution in [0.5, 0.6) is 11.5 Å². The average Bonchev–Trinajstić information content (AvgIpc) is 3.15. The minimum atomic E-state index is -0.876. The number of hydrogen-bond acceptors (Lipinski definition) is 6. The standard InChI is InChI=1S/C29H37FN2O5/c1-4-6-15-31(16-7-5-2)17-8-18-32-26(21-11-14-23(33)24(19-21)37-3)25(28(35)29(32)36)27(34)20-9-12-22(30)13-10-20/h9-14,19,26,33-34H,4-8,15-18H2,1-3H3/t26-/m1/s1. The van der Waals surface area contributed by atoms with Crippen molar-refractivity contribution in [2.75, 3.05) is 33.3 Å². The molecule has 0 aliphatic carbocycles. The molecular weight excluding hydrogens is 475 g/mol. The van der Waals surface area contributed by atoms with E-state index < -0.39 is 23.5 Å². The van der Waals surface area contributed by atoms with Crippen LogP contribution in [0, 0.1) is 5.82 Å². The van der Waals surface area contributed by atoms with Crippen LogP contribution in [-0.4, -0.2) is 65.0 Å². The third-order valence-electron chi connectivity index (χ3n) is 6.71. The van der Waals surface area contributed by atoms with Gasteiger partial charge in [-0.1, -0.05) is 32.8 Å². The number of phenolic OH excluding ortho intramolecular Hbond substituents is 1. The van der Waals surface area contributed by atoms with Crippen molar-refractivity contribution < 1.29 is 28.9 Å². The first-order valence-corrected chi connectivity index (χ1v) is 13.0. The van der Waals surface area contributed by atoms with E-state index in [1.165, 1.54) is 42.3 Å². The molecule has 1 atom stereocenters. The summed E-state index contributed by atoms with van der Waals surface area (Å²) < 4.78 is 18.7. The van der Waals surface area contributed by atoms with Gasteiger partial charge in [-0.3, -0.25) is 9.59 Å². The number of carbonyl (C=O) groups excluding carboxylic acids is 2. The number of halogens is 1. The Bertz CT molecular complexity index is 1110. The van der Waals surface area contributed by atoms with Crippen LogP contribution >= 0.6 is 0 Å². The molecule has 0 aromatic heterocycles. The number of amides is 1. The van der Waals surface area contributed by atoms with E-state index in [4.69, 9.17) is 4.74 Å². The number of nitrogens with zero attached hydrogens (tertiary/aromatic N) is 2. The number of methoxy groups -OCH3 is 1. The van der Waals surface area contributed by atoms with Gasteiger partial charge in [0.05, 0.1) is 18.7 Å². The molecule has 1 aliphatic heterocycles. The highest BCUT2D eigenvalue weighted by atomic mass is 19.1. The van der Waals surface area contributed by atoms with Crippen molar-refractivity contribution in [2.45, 2.75) is 52.0 Å². The molecule has 1 saturated heterocycles. The maximum Gasteiger partial charge on any atom is 0.295 e. The van der Waals surface area contributed by atoms with E-state index in [0.29, 0.717) is 18.5 Å². The molecule has 1 fully saturated rings. The molecule has 2 aromatic carbocycles. The van der Waals surface area contributed by atoms with E-state index in [2.05, 4.69) is 18.7 Å². The lowest BCUT2D eigenvalue weighted by Gasteiger charge is -2.27. The summed E-state index contributed by atoms with van der Waals surface area (Å²) in [5, 5.41) is 21.2. The summed E-state index contributed by atoms with van der Waals surface area (Å²) in [6.07, 6.45) is 5.05. The van der Waals surface area contributed by atoms with Gasteiger partial charge in [-0.15, -0.1) is 0 Å². The Labute approximate surface area is 218 Å². The maximum atomic E-state index is 13.5. The zero-order valence-electron chi connectivity index (χ0n) is 21.9. The van der Waals surface area contributed by atoms with Crippen molar-refractivity contribution in [3.8, 4) is 11.5 Å². The van der Waals surface area contributed by atoms with Gasteiger partial charge in [0.1, 0.15) is 11.6 Å². The van der Waals surface area contributed by atoms with E-state index in [9.17, 15) is 24.2 Å². The van der Waals surface area contributed by atoms with Gasteiger partial charge in [0.15, 0.2) is 11.5 Å². The lowest BCUT2D eigenvalue weighted by atomic mass is 9.95. The topological polar surface area (TPSA) is 90.3 Å². The number of aliphatic hydroxyl groups excluding tert-OH is 1. The fraction of sp³-hybridized carbons (Fsp3) is 0.448. The molecule has 0 bridgehead atoms. The molecule has 1 aliphatic rings. The van der Waals surface area contributed by atoms with Gasteiger partial charge >= 0.3 is 0 Å². The van der Waals surface area contributed by atoms with Gasteiger partial charge in [0.2, 0.25) is 0 Å². The number of likely N-dealkylation sites (tertiary alicyclic amines) is 1. The van der Waals surface area contributed by atoms with Crippen molar-refractivity contribution in [3.63, 3.8) is 0 Å². The molecule has 8 heteroatoms. The van der Waals surface area contributed by atoms with Gasteiger partial charge in [-0.2, -0.15) is 0 Å². The minimum absolute atomic E-state index is 0.0711. The summed E-state index contributed by atoms with van der Waals surface area (Å²) in [4.78, 5) is 30.3. The smallest absolute Gasteiger partial charge is 0.295 e. The number of aliphatic hydroxyl groups is 1. The van der Waals surface area contributed by atoms with E-state index in [0.717, 1.165) is 45.3 Å². The van der Waals surface area contributed by atoms with Crippen LogP contribution in [0.25, 0.3) is 5.76 Å². The second kappa shape index (κ2) is 13.2. The maximum absolute atomic E-state index is 13.5. The van der Waals surface area contributed by atoms with Gasteiger partial charge < -0.3 is 24.7 Å². The highest BCUT2D eigenvalue weighted by Crippen LogP contribution is 2.41. The van der Waals surface area contributed by atoms with Gasteiger partial charge in [-0.25, -0.2) is 4.39 Å². The van der Waals surface area contributed by atoms with Crippen molar-refractivity contribution in [1.82, 2.24) is 9.80 Å². The lowest BCUT2D eigenvalue weighted by molar-refractivity contribution is -0.140. The number of Topliss-reactive ketones (excluding diaryl/α,β-unsaturated/α-hetero) is 1. The van der Waals surface area contributed by atoms with Crippen LogP contribution in [0.3, 0.4) is 0 Å². The number of aromatic hydroxyl groups is 1. The first-order chi connectivity index (χ1) is 17.8. The van der Waals surface area contributed by atoms with Crippen molar-refractivity contribution in [1.29, 1.82) is 0 Å². The number of ether oxygens (including phenoxy) is 1. The minimum Gasteiger partial charge on any atom is -0.507 e. The van der Waals surface area contributed by atoms with Crippen molar-refractivity contribution >= 4 is 17.4 Å². The number of carbonyl (C=O) groups is 2. The number of benzene rings is 2. The SMILES string of the molecule is CCCCN(CCCC)CCCN1C(=O)C(=O)C(=C(O)c2ccc(F)cc2)[C@H]1c1ccc(O)c(OC)c1. The number of ketones is 1. The number of hydrogen-bond donors (Lipinski definition) is 2. The summed E-state index contributed by atoms with van der Waals surface area (Å²) >= 11 is 0. The molecule has 200 valence electrons. The highest BCUT2D eigenvalue weighted by molar-refractivity contribution is 6.46. The first-order valence-electron chi connectivity index (χ1n) is 13.0. The fourth-order valence-corrected chi connectivity index (χ4v) is 4.65. The monoisotopic (exact) mass is 512 g/mol. The van der Waals surface area contributed by atoms with Crippen LogP contribution < -0.4 is 4.74 Å². The molecular formula is C29H37FN2O5. The van der Waals surface area contributed by atoms with E-state index in [-0.39, 0.29) is 28.4 Å². The predicted octanol–water partition coefficient (Wildman–Crippen LogP) is 5.25. The normalized spacial score (nSPS) is 17.1. The van der Waals surface area contributed by atoms with Gasteiger partial charge in [0.25, 0.3) is 11.7 Å². The largest absolute Gasteiger partial charge is 0.507 e. The van der Waals surface area contributed by atoms with E-state index in [1.54, 1.807) is 12.1 Å². The molecule has 3 rings (SSSR count). The van der Waals surface area contributed by atoms with Crippen LogP contribution in [0.15, 0.2) is 48.0 Å². The average molecular weight is 513 g/mol. The Balaban J connectivity index is 1.96. The highest BCUT2D eigenvalue weighted by Gasteiger charge is 2.46. The summed E-state index contributed by atoms with van der Waals surface area (Å²) in [5.74, 6) is -2.24. The molecule has 37 heavy (non-hydrogen) atoms. The third kappa shape index (κ3) is 6.68. The van der Waals surface area contributed by atoms with Crippen molar-refractivity contribution in [2.24, 2.45) is 0 Å². The molecule has 2 aromatic rings. The molecule has 1 heterocycles. The Morgan fingerprint density at radius 2 is 1.62 bits per heavy atom. The predicted molar refractivity (Wildman–Crippen MR) is 141 cm³/mol. The second-order valence-electron chi connectivity index (χ2n) is 9.33. The fourth-order valence-electron chi connectivity index (χ4n) is 4.65. The zero-order chi connectivity index (χ0) is 26.9. The van der Waals surface area contributed by atoms with Crippen LogP contribution in [-0.2, 0) is 9.59 Å². The molecule has 0 radical (unpaired) electrons. The Kier molecular flexibility index (Phi) is 10.1. The Morgan fingerprint density at radius 1 is 1.00 bits per heavy atom. The third-order valence-corrected chi connectivity index (χ3v) is 6.71. The summed E-state index contributed by atoms with van der Waals surface area (Å²) in [6.45, 7) is 7.38. The number of rotatable bonds is 13. The number of unbranched alkanes of at least 4 members (excludes halogenated alkanes) is 2. The molecule has 0 spiro atoms. The Morgan fingerprint density at radius 3 is 2.22 bits per heavy atom. The van der Waals surface area contributed by atoms with Crippen LogP contribution in [0.1, 0.15) is 63.1 Å². The van der Waals surface area contributed by atoms with E-state index in [1.807, 2.05) is 0 Å². The molecule has 0 unspecified atom stereocenters. The molecule has 0 saturated carbocycles. The first kappa shape index (κ1) is 28.2. The summed E-state index contributed by atoms with van der Waals surface area (Å²) in [6, 6.07) is 8.83. The van der Waals surface area contributed by atoms with Crippen molar-refractivity contribution in [3.05, 3.63) is 65.0 Å². The second-order valence-corrected chi connectivity index (χ2v) is 9.33. The summed E-state index contributed by atoms with van der Waals surface area (Å²) in [5.41, 5.74) is 0.685. The molecule has 1 amide bonds. The summed E-state index contributed by atoms with van der Waals surface area (Å²) in [7, 11) is 1.41. The van der Waals surface area contributed by atoms with Crippen LogP contribution in [0.4, 0.5) is 4.39 Å². The molecule has 2 N–H and O–H groups in total. The quantitative estimate of drug-likeness (QED) is 0.216. The zero-order valence-corrected chi connectivity index (χ0v) is 21.9. The van der Waals surface area contributed by atoms with Crippen LogP contribution in [0.2, 0.25) is 0 Å². The number of phenols is 1.